The molecule has 0 bridgehead atoms. The molecule has 0 radical (unpaired) electrons. The first-order chi connectivity index (χ1) is 10.0. The van der Waals surface area contributed by atoms with Crippen LogP contribution < -0.4 is 0 Å². The van der Waals surface area contributed by atoms with Gasteiger partial charge in [0.05, 0.1) is 11.1 Å². The number of amidine groups is 1. The van der Waals surface area contributed by atoms with Gasteiger partial charge in [-0.05, 0) is 26.0 Å². The highest BCUT2D eigenvalue weighted by Gasteiger charge is 2.45. The Morgan fingerprint density at radius 2 is 2.10 bits per heavy atom. The van der Waals surface area contributed by atoms with Crippen LogP contribution in [0, 0.1) is 0 Å². The second-order valence-electron chi connectivity index (χ2n) is 5.10. The number of carbonyl (C=O) groups is 1. The summed E-state index contributed by atoms with van der Waals surface area (Å²) in [6.45, 7) is 3.44. The lowest BCUT2D eigenvalue weighted by atomic mass is 9.97. The van der Waals surface area contributed by atoms with Crippen LogP contribution in [0.5, 0.6) is 0 Å². The molecule has 0 aromatic carbocycles. The van der Waals surface area contributed by atoms with Gasteiger partial charge in [-0.25, -0.2) is 14.6 Å². The minimum atomic E-state index is -0.890. The van der Waals surface area contributed by atoms with E-state index in [4.69, 9.17) is 4.74 Å². The van der Waals surface area contributed by atoms with Gasteiger partial charge in [0.2, 0.25) is 5.76 Å². The minimum Gasteiger partial charge on any atom is -0.470 e. The Morgan fingerprint density at radius 3 is 2.71 bits per heavy atom. The summed E-state index contributed by atoms with van der Waals surface area (Å²) in [7, 11) is 0. The van der Waals surface area contributed by atoms with Gasteiger partial charge in [0, 0.05) is 6.20 Å². The smallest absolute Gasteiger partial charge is 0.216 e. The third-order valence-corrected chi connectivity index (χ3v) is 3.40. The van der Waals surface area contributed by atoms with E-state index in [1.807, 2.05) is 0 Å². The maximum Gasteiger partial charge on any atom is 0.216 e. The average molecular weight is 282 g/mol. The molecule has 0 spiro atoms. The molecule has 0 unspecified atom stereocenters. The van der Waals surface area contributed by atoms with Gasteiger partial charge >= 0.3 is 0 Å². The summed E-state index contributed by atoms with van der Waals surface area (Å²) in [5, 5.41) is 0. The van der Waals surface area contributed by atoms with Crippen LogP contribution in [0.15, 0.2) is 51.6 Å². The largest absolute Gasteiger partial charge is 0.470 e. The zero-order valence-electron chi connectivity index (χ0n) is 11.3. The van der Waals surface area contributed by atoms with Gasteiger partial charge in [0.25, 0.3) is 0 Å². The predicted octanol–water partition coefficient (Wildman–Crippen LogP) is 0.847. The molecule has 3 aliphatic heterocycles. The monoisotopic (exact) mass is 282 g/mol. The van der Waals surface area contributed by atoms with Crippen molar-refractivity contribution in [3.8, 4) is 0 Å². The molecule has 0 atom stereocenters. The van der Waals surface area contributed by atoms with E-state index in [1.165, 1.54) is 4.90 Å². The van der Waals surface area contributed by atoms with E-state index in [1.54, 1.807) is 44.1 Å². The van der Waals surface area contributed by atoms with Crippen molar-refractivity contribution in [1.29, 1.82) is 0 Å². The summed E-state index contributed by atoms with van der Waals surface area (Å²) in [6.07, 6.45) is 5.43. The molecule has 0 amide bonds. The van der Waals surface area contributed by atoms with Gasteiger partial charge in [-0.2, -0.15) is 0 Å². The molecule has 21 heavy (non-hydrogen) atoms. The molecule has 104 valence electrons. The molecule has 0 N–H and O–H groups in total. The fourth-order valence-electron chi connectivity index (χ4n) is 2.48. The summed E-state index contributed by atoms with van der Waals surface area (Å²) >= 11 is 0. The summed E-state index contributed by atoms with van der Waals surface area (Å²) in [5.41, 5.74) is 0.205. The Hall–Kier alpha value is -2.94. The zero-order valence-corrected chi connectivity index (χ0v) is 11.3. The average Bonchev–Trinajstić information content (AvgIpc) is 2.75. The number of aliphatic imine (C=N–C) groups is 1. The van der Waals surface area contributed by atoms with Crippen LogP contribution in [0.4, 0.5) is 0 Å². The number of hydrogen-bond donors (Lipinski definition) is 0. The molecule has 3 rings (SSSR count). The molecular formula is C15H10N2O4. The molecule has 3 aliphatic rings. The van der Waals surface area contributed by atoms with Gasteiger partial charge in [0.15, 0.2) is 18.2 Å². The fraction of sp³-hybridized carbons (Fsp3) is 0.200. The van der Waals surface area contributed by atoms with Gasteiger partial charge in [0.1, 0.15) is 22.8 Å². The second kappa shape index (κ2) is 4.28. The Morgan fingerprint density at radius 1 is 1.33 bits per heavy atom. The third kappa shape index (κ3) is 1.68. The maximum absolute atomic E-state index is 11.4. The van der Waals surface area contributed by atoms with Crippen LogP contribution >= 0.6 is 0 Å². The molecule has 0 aromatic heterocycles. The highest BCUT2D eigenvalue weighted by atomic mass is 16.5. The van der Waals surface area contributed by atoms with Crippen molar-refractivity contribution >= 4 is 24.0 Å². The molecule has 0 aliphatic carbocycles. The number of nitrogens with zero attached hydrogens (tertiary/aromatic N) is 2. The maximum atomic E-state index is 11.4. The van der Waals surface area contributed by atoms with Crippen molar-refractivity contribution in [2.24, 2.45) is 4.99 Å². The van der Waals surface area contributed by atoms with Gasteiger partial charge < -0.3 is 4.74 Å². The lowest BCUT2D eigenvalue weighted by Crippen LogP contribution is -2.35. The summed E-state index contributed by atoms with van der Waals surface area (Å²) < 4.78 is 5.51. The number of fused-ring (bicyclic) bond motifs is 1. The van der Waals surface area contributed by atoms with Crippen molar-refractivity contribution in [3.63, 3.8) is 0 Å². The molecule has 6 nitrogen and oxygen atoms in total. The van der Waals surface area contributed by atoms with Crippen LogP contribution in [0.2, 0.25) is 0 Å². The highest BCUT2D eigenvalue weighted by Crippen LogP contribution is 2.44. The standard InChI is InChI=1S/C15H10N2O4/c1-15(2)13-12(11(8-20)21-15)10(7-19)17-5-3-4-9(6-18)14(17)16-13/h3-6H,1-2H3. The predicted molar refractivity (Wildman–Crippen MR) is 73.2 cm³/mol. The van der Waals surface area contributed by atoms with E-state index in [2.05, 4.69) is 4.99 Å². The quantitative estimate of drug-likeness (QED) is 0.526. The normalized spacial score (nSPS) is 21.7. The van der Waals surface area contributed by atoms with Crippen LogP contribution in [0.3, 0.4) is 0 Å². The second-order valence-corrected chi connectivity index (χ2v) is 5.10. The summed E-state index contributed by atoms with van der Waals surface area (Å²) in [4.78, 5) is 39.4. The zero-order chi connectivity index (χ0) is 15.2. The first-order valence-corrected chi connectivity index (χ1v) is 6.20. The van der Waals surface area contributed by atoms with E-state index >= 15 is 0 Å². The first kappa shape index (κ1) is 13.1. The Balaban J connectivity index is 2.33. The van der Waals surface area contributed by atoms with Crippen molar-refractivity contribution in [3.05, 3.63) is 46.7 Å². The lowest BCUT2D eigenvalue weighted by Gasteiger charge is -2.29. The van der Waals surface area contributed by atoms with Gasteiger partial charge in [-0.15, -0.1) is 0 Å². The van der Waals surface area contributed by atoms with Crippen LogP contribution in [-0.2, 0) is 19.1 Å². The van der Waals surface area contributed by atoms with Crippen molar-refractivity contribution < 1.29 is 19.1 Å². The summed E-state index contributed by atoms with van der Waals surface area (Å²) in [6, 6.07) is 0. The highest BCUT2D eigenvalue weighted by molar-refractivity contribution is 6.17. The summed E-state index contributed by atoms with van der Waals surface area (Å²) in [5.74, 6) is 3.72. The molecule has 0 saturated carbocycles. The number of hydrogen-bond acceptors (Lipinski definition) is 6. The molecular weight excluding hydrogens is 272 g/mol. The molecule has 6 heteroatoms. The fourth-order valence-corrected chi connectivity index (χ4v) is 2.48. The van der Waals surface area contributed by atoms with Crippen molar-refractivity contribution in [2.45, 2.75) is 19.4 Å². The Kier molecular flexibility index (Phi) is 2.66. The van der Waals surface area contributed by atoms with Gasteiger partial charge in [-0.3, -0.25) is 9.69 Å². The molecule has 0 saturated heterocycles. The van der Waals surface area contributed by atoms with E-state index < -0.39 is 5.60 Å². The SMILES string of the molecule is CC1(C)OC(=C=O)C2=C1N=C1C(C=O)=CC=CN1C2=C=O. The molecule has 0 fully saturated rings. The van der Waals surface area contributed by atoms with Crippen molar-refractivity contribution in [1.82, 2.24) is 4.90 Å². The van der Waals surface area contributed by atoms with E-state index in [0.717, 1.165) is 0 Å². The number of ether oxygens (including phenoxy) is 1. The van der Waals surface area contributed by atoms with E-state index in [-0.39, 0.29) is 17.0 Å². The third-order valence-electron chi connectivity index (χ3n) is 3.40. The molecule has 0 aromatic rings. The van der Waals surface area contributed by atoms with Crippen LogP contribution in [0.1, 0.15) is 13.8 Å². The number of carbonyl (C=O) groups excluding carboxylic acids is 3. The first-order valence-electron chi connectivity index (χ1n) is 6.20. The van der Waals surface area contributed by atoms with Gasteiger partial charge in [-0.1, -0.05) is 0 Å². The minimum absolute atomic E-state index is 0.0771. The van der Waals surface area contributed by atoms with Crippen molar-refractivity contribution in [2.75, 3.05) is 0 Å². The van der Waals surface area contributed by atoms with Crippen LogP contribution in [0.25, 0.3) is 0 Å². The lowest BCUT2D eigenvalue weighted by molar-refractivity contribution is -0.104. The van der Waals surface area contributed by atoms with E-state index in [9.17, 15) is 14.4 Å². The number of allylic oxidation sites excluding steroid dienone is 2. The van der Waals surface area contributed by atoms with Crippen LogP contribution in [-0.4, -0.2) is 34.5 Å². The molecule has 3 heterocycles. The van der Waals surface area contributed by atoms with E-state index in [0.29, 0.717) is 23.4 Å². The Bertz CT molecular complexity index is 782. The number of rotatable bonds is 1. The number of aldehydes is 1. The topological polar surface area (TPSA) is 76.0 Å². The Labute approximate surface area is 120 Å².